The molecule has 0 aliphatic rings. The van der Waals surface area contributed by atoms with Gasteiger partial charge in [0.25, 0.3) is 0 Å². The van der Waals surface area contributed by atoms with E-state index in [0.717, 1.165) is 23.0 Å². The minimum Gasteiger partial charge on any atom is -0.335 e. The van der Waals surface area contributed by atoms with Crippen molar-refractivity contribution >= 4 is 21.8 Å². The predicted octanol–water partition coefficient (Wildman–Crippen LogP) is 3.75. The van der Waals surface area contributed by atoms with E-state index in [-0.39, 0.29) is 11.9 Å². The Bertz CT molecular complexity index is 434. The Labute approximate surface area is 130 Å². The highest BCUT2D eigenvalue weighted by Crippen LogP contribution is 2.27. The molecule has 0 radical (unpaired) electrons. The van der Waals surface area contributed by atoms with E-state index in [2.05, 4.69) is 55.0 Å². The standard InChI is InChI=1S/C16H25BrN2O/c1-5-10-19(16(20)11-18-12(2)3)13(4)14-8-6-7-9-15(14)17/h6-9,12-13,18H,5,10-11H2,1-4H3. The molecule has 1 atom stereocenters. The normalized spacial score (nSPS) is 12.5. The fourth-order valence-electron chi connectivity index (χ4n) is 2.15. The maximum absolute atomic E-state index is 12.4. The van der Waals surface area contributed by atoms with Crippen LogP contribution in [-0.4, -0.2) is 29.9 Å². The summed E-state index contributed by atoms with van der Waals surface area (Å²) >= 11 is 3.57. The molecule has 0 aliphatic carbocycles. The summed E-state index contributed by atoms with van der Waals surface area (Å²) in [7, 11) is 0. The van der Waals surface area contributed by atoms with Crippen LogP contribution in [0.15, 0.2) is 28.7 Å². The van der Waals surface area contributed by atoms with E-state index in [1.54, 1.807) is 0 Å². The Morgan fingerprint density at radius 2 is 1.95 bits per heavy atom. The minimum atomic E-state index is 0.0759. The molecule has 0 saturated carbocycles. The van der Waals surface area contributed by atoms with Gasteiger partial charge < -0.3 is 10.2 Å². The molecule has 1 amide bonds. The van der Waals surface area contributed by atoms with Crippen molar-refractivity contribution in [2.24, 2.45) is 0 Å². The Morgan fingerprint density at radius 3 is 2.50 bits per heavy atom. The van der Waals surface area contributed by atoms with Gasteiger partial charge in [0, 0.05) is 17.1 Å². The van der Waals surface area contributed by atoms with Crippen molar-refractivity contribution in [3.8, 4) is 0 Å². The van der Waals surface area contributed by atoms with Crippen LogP contribution in [0.4, 0.5) is 0 Å². The Morgan fingerprint density at radius 1 is 1.30 bits per heavy atom. The highest BCUT2D eigenvalue weighted by molar-refractivity contribution is 9.10. The third-order valence-corrected chi connectivity index (χ3v) is 3.99. The summed E-state index contributed by atoms with van der Waals surface area (Å²) in [5, 5.41) is 3.20. The summed E-state index contributed by atoms with van der Waals surface area (Å²) < 4.78 is 1.05. The number of amides is 1. The Kier molecular flexibility index (Phi) is 7.24. The molecule has 0 aromatic heterocycles. The lowest BCUT2D eigenvalue weighted by Crippen LogP contribution is -2.42. The number of hydrogen-bond acceptors (Lipinski definition) is 2. The molecule has 0 heterocycles. The molecule has 1 rings (SSSR count). The fourth-order valence-corrected chi connectivity index (χ4v) is 2.77. The third kappa shape index (κ3) is 4.91. The van der Waals surface area contributed by atoms with E-state index in [1.807, 2.05) is 23.1 Å². The summed E-state index contributed by atoms with van der Waals surface area (Å²) in [6.45, 7) is 9.46. The second-order valence-corrected chi connectivity index (χ2v) is 6.17. The first-order valence-corrected chi connectivity index (χ1v) is 8.04. The summed E-state index contributed by atoms with van der Waals surface area (Å²) in [6.07, 6.45) is 0.961. The van der Waals surface area contributed by atoms with Gasteiger partial charge in [0.2, 0.25) is 5.91 Å². The van der Waals surface area contributed by atoms with Gasteiger partial charge in [-0.25, -0.2) is 0 Å². The van der Waals surface area contributed by atoms with Crippen LogP contribution in [0.2, 0.25) is 0 Å². The molecular weight excluding hydrogens is 316 g/mol. The van der Waals surface area contributed by atoms with E-state index < -0.39 is 0 Å². The Balaban J connectivity index is 2.84. The van der Waals surface area contributed by atoms with Crippen molar-refractivity contribution < 1.29 is 4.79 Å². The van der Waals surface area contributed by atoms with E-state index in [1.165, 1.54) is 0 Å². The maximum atomic E-state index is 12.4. The zero-order valence-corrected chi connectivity index (χ0v) is 14.4. The lowest BCUT2D eigenvalue weighted by Gasteiger charge is -2.30. The summed E-state index contributed by atoms with van der Waals surface area (Å²) in [6, 6.07) is 8.49. The first kappa shape index (κ1) is 17.2. The molecule has 0 fully saturated rings. The quantitative estimate of drug-likeness (QED) is 0.819. The highest BCUT2D eigenvalue weighted by atomic mass is 79.9. The van der Waals surface area contributed by atoms with Gasteiger partial charge in [-0.3, -0.25) is 4.79 Å². The van der Waals surface area contributed by atoms with E-state index in [9.17, 15) is 4.79 Å². The Hall–Kier alpha value is -0.870. The van der Waals surface area contributed by atoms with Crippen LogP contribution in [0.3, 0.4) is 0 Å². The number of hydrogen-bond donors (Lipinski definition) is 1. The van der Waals surface area contributed by atoms with Gasteiger partial charge in [-0.2, -0.15) is 0 Å². The predicted molar refractivity (Wildman–Crippen MR) is 87.7 cm³/mol. The van der Waals surface area contributed by atoms with Gasteiger partial charge in [-0.1, -0.05) is 54.9 Å². The molecule has 1 aromatic carbocycles. The largest absolute Gasteiger partial charge is 0.335 e. The summed E-state index contributed by atoms with van der Waals surface area (Å²) in [5.74, 6) is 0.156. The SMILES string of the molecule is CCCN(C(=O)CNC(C)C)C(C)c1ccccc1Br. The lowest BCUT2D eigenvalue weighted by atomic mass is 10.1. The van der Waals surface area contributed by atoms with Crippen LogP contribution in [-0.2, 0) is 4.79 Å². The zero-order chi connectivity index (χ0) is 15.1. The molecule has 0 spiro atoms. The smallest absolute Gasteiger partial charge is 0.237 e. The van der Waals surface area contributed by atoms with Crippen molar-refractivity contribution in [3.05, 3.63) is 34.3 Å². The topological polar surface area (TPSA) is 32.3 Å². The van der Waals surface area contributed by atoms with Crippen molar-refractivity contribution in [1.29, 1.82) is 0 Å². The van der Waals surface area contributed by atoms with E-state index in [0.29, 0.717) is 12.6 Å². The molecule has 0 bridgehead atoms. The van der Waals surface area contributed by atoms with Gasteiger partial charge in [0.15, 0.2) is 0 Å². The molecule has 1 unspecified atom stereocenters. The van der Waals surface area contributed by atoms with E-state index in [4.69, 9.17) is 0 Å². The maximum Gasteiger partial charge on any atom is 0.237 e. The second-order valence-electron chi connectivity index (χ2n) is 5.32. The molecule has 112 valence electrons. The summed E-state index contributed by atoms with van der Waals surface area (Å²) in [4.78, 5) is 14.4. The van der Waals surface area contributed by atoms with Crippen molar-refractivity contribution in [1.82, 2.24) is 10.2 Å². The van der Waals surface area contributed by atoms with Crippen LogP contribution in [0.1, 0.15) is 45.7 Å². The second kappa shape index (κ2) is 8.42. The molecular formula is C16H25BrN2O. The average Bonchev–Trinajstić information content (AvgIpc) is 2.42. The first-order chi connectivity index (χ1) is 9.47. The van der Waals surface area contributed by atoms with Crippen LogP contribution < -0.4 is 5.32 Å². The first-order valence-electron chi connectivity index (χ1n) is 7.24. The highest BCUT2D eigenvalue weighted by Gasteiger charge is 2.21. The molecule has 1 aromatic rings. The molecule has 0 saturated heterocycles. The van der Waals surface area contributed by atoms with Crippen LogP contribution in [0, 0.1) is 0 Å². The molecule has 3 nitrogen and oxygen atoms in total. The van der Waals surface area contributed by atoms with Crippen LogP contribution >= 0.6 is 15.9 Å². The number of carbonyl (C=O) groups is 1. The molecule has 20 heavy (non-hydrogen) atoms. The average molecular weight is 341 g/mol. The van der Waals surface area contributed by atoms with Gasteiger partial charge in [0.05, 0.1) is 12.6 Å². The van der Waals surface area contributed by atoms with Gasteiger partial charge in [0.1, 0.15) is 0 Å². The number of benzene rings is 1. The summed E-state index contributed by atoms with van der Waals surface area (Å²) in [5.41, 5.74) is 1.15. The third-order valence-electron chi connectivity index (χ3n) is 3.27. The van der Waals surface area contributed by atoms with Gasteiger partial charge in [-0.15, -0.1) is 0 Å². The van der Waals surface area contributed by atoms with Crippen LogP contribution in [0.5, 0.6) is 0 Å². The van der Waals surface area contributed by atoms with Gasteiger partial charge >= 0.3 is 0 Å². The van der Waals surface area contributed by atoms with Gasteiger partial charge in [-0.05, 0) is 25.0 Å². The number of nitrogens with one attached hydrogen (secondary N) is 1. The van der Waals surface area contributed by atoms with Crippen molar-refractivity contribution in [3.63, 3.8) is 0 Å². The van der Waals surface area contributed by atoms with E-state index >= 15 is 0 Å². The minimum absolute atomic E-state index is 0.0759. The zero-order valence-electron chi connectivity index (χ0n) is 12.8. The molecule has 0 aliphatic heterocycles. The van der Waals surface area contributed by atoms with Crippen molar-refractivity contribution in [2.75, 3.05) is 13.1 Å². The lowest BCUT2D eigenvalue weighted by molar-refractivity contribution is -0.132. The molecule has 4 heteroatoms. The van der Waals surface area contributed by atoms with Crippen LogP contribution in [0.25, 0.3) is 0 Å². The fraction of sp³-hybridized carbons (Fsp3) is 0.562. The molecule has 1 N–H and O–H groups in total. The number of nitrogens with zero attached hydrogens (tertiary/aromatic N) is 1. The number of halogens is 1. The monoisotopic (exact) mass is 340 g/mol. The van der Waals surface area contributed by atoms with Crippen molar-refractivity contribution in [2.45, 2.75) is 46.2 Å². The number of carbonyl (C=O) groups excluding carboxylic acids is 1. The number of rotatable bonds is 7.